The van der Waals surface area contributed by atoms with E-state index in [1.807, 2.05) is 6.92 Å². The van der Waals surface area contributed by atoms with Gasteiger partial charge in [-0.05, 0) is 20.3 Å². The summed E-state index contributed by atoms with van der Waals surface area (Å²) >= 11 is 0.977. The lowest BCUT2D eigenvalue weighted by Gasteiger charge is -2.17. The highest BCUT2D eigenvalue weighted by Crippen LogP contribution is 2.28. The van der Waals surface area contributed by atoms with Gasteiger partial charge in [0.1, 0.15) is 4.75 Å². The first kappa shape index (κ1) is 13.8. The third-order valence-corrected chi connectivity index (χ3v) is 3.37. The molecule has 1 N–H and O–H groups in total. The molecule has 0 bridgehead atoms. The van der Waals surface area contributed by atoms with Crippen molar-refractivity contribution in [2.75, 3.05) is 0 Å². The van der Waals surface area contributed by atoms with Crippen molar-refractivity contribution in [1.29, 1.82) is 0 Å². The van der Waals surface area contributed by atoms with Crippen molar-refractivity contribution >= 4 is 17.7 Å². The summed E-state index contributed by atoms with van der Waals surface area (Å²) in [6, 6.07) is 0. The first-order valence-electron chi connectivity index (χ1n) is 5.36. The molecule has 1 aromatic heterocycles. The normalized spacial score (nSPS) is 11.5. The van der Waals surface area contributed by atoms with Crippen LogP contribution in [0.25, 0.3) is 0 Å². The molecule has 0 saturated heterocycles. The summed E-state index contributed by atoms with van der Waals surface area (Å²) in [7, 11) is 0. The van der Waals surface area contributed by atoms with Gasteiger partial charge in [-0.15, -0.1) is 0 Å². The van der Waals surface area contributed by atoms with Gasteiger partial charge in [0, 0.05) is 18.9 Å². The van der Waals surface area contributed by atoms with Crippen LogP contribution in [0.3, 0.4) is 0 Å². The molecule has 5 nitrogen and oxygen atoms in total. The Hall–Kier alpha value is -1.30. The summed E-state index contributed by atoms with van der Waals surface area (Å²) in [6.07, 6.45) is 3.98. The van der Waals surface area contributed by atoms with Crippen molar-refractivity contribution in [1.82, 2.24) is 9.55 Å². The molecular formula is C11H16N2O3S. The number of aryl methyl sites for hydroxylation is 1. The van der Waals surface area contributed by atoms with Gasteiger partial charge in [-0.2, -0.15) is 0 Å². The molecule has 0 amide bonds. The van der Waals surface area contributed by atoms with E-state index in [1.54, 1.807) is 24.6 Å². The van der Waals surface area contributed by atoms with Crippen molar-refractivity contribution in [3.05, 3.63) is 22.7 Å². The summed E-state index contributed by atoms with van der Waals surface area (Å²) in [4.78, 5) is 26.9. The van der Waals surface area contributed by atoms with Crippen LogP contribution in [0.4, 0.5) is 0 Å². The monoisotopic (exact) mass is 256 g/mol. The van der Waals surface area contributed by atoms with Crippen molar-refractivity contribution in [2.24, 2.45) is 0 Å². The highest BCUT2D eigenvalue weighted by molar-refractivity contribution is 8.01. The highest BCUT2D eigenvalue weighted by atomic mass is 32.2. The molecule has 0 aromatic carbocycles. The molecule has 0 saturated carbocycles. The standard InChI is InChI=1S/C11H16N2O3S/c1-4-6-13-7-5-12-8(9(13)14)17-11(2,3)10(15)16/h5,7H,4,6H2,1-3H3,(H,15,16). The maximum atomic E-state index is 11.9. The van der Waals surface area contributed by atoms with Crippen LogP contribution in [0.5, 0.6) is 0 Å². The molecule has 0 aliphatic rings. The summed E-state index contributed by atoms with van der Waals surface area (Å²) in [5, 5.41) is 9.24. The number of carbonyl (C=O) groups is 1. The van der Waals surface area contributed by atoms with E-state index in [9.17, 15) is 9.59 Å². The fourth-order valence-corrected chi connectivity index (χ4v) is 2.09. The molecule has 0 unspecified atom stereocenters. The fourth-order valence-electron chi connectivity index (χ4n) is 1.20. The van der Waals surface area contributed by atoms with E-state index >= 15 is 0 Å². The Morgan fingerprint density at radius 2 is 2.24 bits per heavy atom. The number of carboxylic acids is 1. The molecule has 6 heteroatoms. The van der Waals surface area contributed by atoms with E-state index in [0.717, 1.165) is 18.2 Å². The second kappa shape index (κ2) is 5.35. The van der Waals surface area contributed by atoms with E-state index in [1.165, 1.54) is 6.20 Å². The average Bonchev–Trinajstić information content (AvgIpc) is 2.24. The van der Waals surface area contributed by atoms with Crippen molar-refractivity contribution < 1.29 is 9.90 Å². The number of hydrogen-bond donors (Lipinski definition) is 1. The zero-order valence-electron chi connectivity index (χ0n) is 10.1. The molecule has 0 radical (unpaired) electrons. The van der Waals surface area contributed by atoms with Gasteiger partial charge in [0.05, 0.1) is 0 Å². The zero-order valence-corrected chi connectivity index (χ0v) is 11.0. The molecule has 0 atom stereocenters. The number of aliphatic carboxylic acids is 1. The van der Waals surface area contributed by atoms with Gasteiger partial charge in [0.15, 0.2) is 5.03 Å². The molecule has 17 heavy (non-hydrogen) atoms. The SMILES string of the molecule is CCCn1ccnc(SC(C)(C)C(=O)O)c1=O. The minimum Gasteiger partial charge on any atom is -0.480 e. The van der Waals surface area contributed by atoms with Gasteiger partial charge in [0.2, 0.25) is 0 Å². The maximum Gasteiger partial charge on any atom is 0.319 e. The average molecular weight is 256 g/mol. The Morgan fingerprint density at radius 3 is 2.76 bits per heavy atom. The summed E-state index contributed by atoms with van der Waals surface area (Å²) in [5.41, 5.74) is -0.228. The Bertz CT molecular complexity index is 468. The van der Waals surface area contributed by atoms with Gasteiger partial charge in [-0.1, -0.05) is 18.7 Å². The van der Waals surface area contributed by atoms with Crippen LogP contribution in [0.2, 0.25) is 0 Å². The van der Waals surface area contributed by atoms with Gasteiger partial charge in [-0.3, -0.25) is 9.59 Å². The number of rotatable bonds is 5. The fraction of sp³-hybridized carbons (Fsp3) is 0.545. The summed E-state index contributed by atoms with van der Waals surface area (Å²) in [6.45, 7) is 5.69. The lowest BCUT2D eigenvalue weighted by molar-refractivity contribution is -0.138. The smallest absolute Gasteiger partial charge is 0.319 e. The molecule has 0 fully saturated rings. The maximum absolute atomic E-state index is 11.9. The van der Waals surface area contributed by atoms with Crippen LogP contribution in [0, 0.1) is 0 Å². The Labute approximate surface area is 104 Å². The molecule has 1 heterocycles. The van der Waals surface area contributed by atoms with Crippen LogP contribution in [-0.2, 0) is 11.3 Å². The lowest BCUT2D eigenvalue weighted by atomic mass is 10.2. The van der Waals surface area contributed by atoms with Gasteiger partial charge >= 0.3 is 5.97 Å². The zero-order chi connectivity index (χ0) is 13.1. The third kappa shape index (κ3) is 3.33. The van der Waals surface area contributed by atoms with Crippen molar-refractivity contribution in [3.63, 3.8) is 0 Å². The van der Waals surface area contributed by atoms with Crippen LogP contribution in [0.15, 0.2) is 22.2 Å². The molecule has 1 aromatic rings. The van der Waals surface area contributed by atoms with Gasteiger partial charge in [-0.25, -0.2) is 4.98 Å². The second-order valence-corrected chi connectivity index (χ2v) is 5.76. The second-order valence-electron chi connectivity index (χ2n) is 4.15. The molecular weight excluding hydrogens is 240 g/mol. The minimum atomic E-state index is -1.06. The predicted octanol–water partition coefficient (Wildman–Crippen LogP) is 1.61. The summed E-state index contributed by atoms with van der Waals surface area (Å²) < 4.78 is 0.491. The largest absolute Gasteiger partial charge is 0.480 e. The van der Waals surface area contributed by atoms with Crippen LogP contribution in [-0.4, -0.2) is 25.4 Å². The predicted molar refractivity (Wildman–Crippen MR) is 66.4 cm³/mol. The van der Waals surface area contributed by atoms with Gasteiger partial charge in [0.25, 0.3) is 5.56 Å². The van der Waals surface area contributed by atoms with E-state index in [2.05, 4.69) is 4.98 Å². The van der Waals surface area contributed by atoms with E-state index in [-0.39, 0.29) is 10.6 Å². The number of hydrogen-bond acceptors (Lipinski definition) is 4. The molecule has 94 valence electrons. The number of carboxylic acid groups (broad SMARTS) is 1. The topological polar surface area (TPSA) is 72.2 Å². The summed E-state index contributed by atoms with van der Waals surface area (Å²) in [5.74, 6) is -0.963. The van der Waals surface area contributed by atoms with Crippen LogP contribution < -0.4 is 5.56 Å². The molecule has 0 spiro atoms. The Kier molecular flexibility index (Phi) is 4.34. The first-order valence-corrected chi connectivity index (χ1v) is 6.18. The first-order chi connectivity index (χ1) is 7.88. The molecule has 0 aliphatic carbocycles. The minimum absolute atomic E-state index is 0.228. The molecule has 1 rings (SSSR count). The van der Waals surface area contributed by atoms with E-state index in [0.29, 0.717) is 6.54 Å². The Morgan fingerprint density at radius 1 is 1.59 bits per heavy atom. The van der Waals surface area contributed by atoms with E-state index in [4.69, 9.17) is 5.11 Å². The number of nitrogens with zero attached hydrogens (tertiary/aromatic N) is 2. The van der Waals surface area contributed by atoms with Crippen molar-refractivity contribution in [2.45, 2.75) is 43.5 Å². The number of aromatic nitrogens is 2. The third-order valence-electron chi connectivity index (χ3n) is 2.21. The highest BCUT2D eigenvalue weighted by Gasteiger charge is 2.30. The molecule has 0 aliphatic heterocycles. The van der Waals surface area contributed by atoms with Crippen molar-refractivity contribution in [3.8, 4) is 0 Å². The van der Waals surface area contributed by atoms with Crippen LogP contribution in [0.1, 0.15) is 27.2 Å². The van der Waals surface area contributed by atoms with Gasteiger partial charge < -0.3 is 9.67 Å². The number of thioether (sulfide) groups is 1. The van der Waals surface area contributed by atoms with Crippen LogP contribution >= 0.6 is 11.8 Å². The van der Waals surface area contributed by atoms with E-state index < -0.39 is 10.7 Å². The Balaban J connectivity index is 3.04. The lowest BCUT2D eigenvalue weighted by Crippen LogP contribution is -2.30. The quantitative estimate of drug-likeness (QED) is 0.810.